The molecule has 0 fully saturated rings. The van der Waals surface area contributed by atoms with Crippen molar-refractivity contribution in [3.05, 3.63) is 182 Å². The van der Waals surface area contributed by atoms with Crippen molar-refractivity contribution in [1.29, 1.82) is 0 Å². The molecule has 0 aliphatic heterocycles. The molecule has 4 aromatic heterocycles. The van der Waals surface area contributed by atoms with E-state index in [1.807, 2.05) is 72.8 Å². The zero-order valence-corrected chi connectivity index (χ0v) is 31.0. The van der Waals surface area contributed by atoms with Crippen LogP contribution in [0, 0.1) is 5.82 Å². The monoisotopic (exact) mass is 752 g/mol. The molecule has 0 amide bonds. The summed E-state index contributed by atoms with van der Waals surface area (Å²) in [4.78, 5) is 20.3. The first-order chi connectivity index (χ1) is 28.2. The lowest BCUT2D eigenvalue weighted by Gasteiger charge is -2.10. The van der Waals surface area contributed by atoms with Crippen LogP contribution in [0.2, 0.25) is 0 Å². The third-order valence-electron chi connectivity index (χ3n) is 10.5. The quantitative estimate of drug-likeness (QED) is 0.169. The molecule has 0 radical (unpaired) electrons. The maximum Gasteiger partial charge on any atom is 0.165 e. The summed E-state index contributed by atoms with van der Waals surface area (Å²) in [6.07, 6.45) is 1.75. The number of fused-ring (bicyclic) bond motifs is 6. The van der Waals surface area contributed by atoms with E-state index in [-0.39, 0.29) is 5.82 Å². The number of benzene rings is 7. The van der Waals surface area contributed by atoms with Gasteiger partial charge in [0.05, 0.1) is 5.69 Å². The second-order valence-electron chi connectivity index (χ2n) is 13.9. The Kier molecular flexibility index (Phi) is 7.79. The Balaban J connectivity index is 1.13. The van der Waals surface area contributed by atoms with Gasteiger partial charge in [-0.1, -0.05) is 140 Å². The maximum absolute atomic E-state index is 14.4. The highest BCUT2D eigenvalue weighted by Crippen LogP contribution is 2.46. The summed E-state index contributed by atoms with van der Waals surface area (Å²) in [7, 11) is 0. The van der Waals surface area contributed by atoms with Crippen LogP contribution in [0.1, 0.15) is 0 Å². The Morgan fingerprint density at radius 2 is 1.02 bits per heavy atom. The number of furan rings is 1. The van der Waals surface area contributed by atoms with Gasteiger partial charge in [0.25, 0.3) is 0 Å². The number of pyridine rings is 1. The van der Waals surface area contributed by atoms with Crippen molar-refractivity contribution in [3.8, 4) is 67.7 Å². The Bertz CT molecular complexity index is 3320. The number of nitrogens with zero attached hydrogens (tertiary/aromatic N) is 4. The molecule has 0 spiro atoms. The molecule has 11 rings (SSSR count). The van der Waals surface area contributed by atoms with E-state index in [4.69, 9.17) is 24.4 Å². The lowest BCUT2D eigenvalue weighted by molar-refractivity contribution is 0.628. The second-order valence-corrected chi connectivity index (χ2v) is 14.9. The molecule has 4 heterocycles. The number of rotatable bonds is 6. The highest BCUT2D eigenvalue weighted by atomic mass is 32.1. The molecule has 57 heavy (non-hydrogen) atoms. The maximum atomic E-state index is 14.4. The summed E-state index contributed by atoms with van der Waals surface area (Å²) in [5.74, 6) is 1.43. The van der Waals surface area contributed by atoms with Crippen LogP contribution in [0.4, 0.5) is 4.39 Å². The van der Waals surface area contributed by atoms with Gasteiger partial charge in [0.1, 0.15) is 17.0 Å². The zero-order valence-electron chi connectivity index (χ0n) is 30.2. The third kappa shape index (κ3) is 5.59. The first-order valence-corrected chi connectivity index (χ1v) is 19.5. The van der Waals surface area contributed by atoms with E-state index in [1.165, 1.54) is 12.1 Å². The number of halogens is 1. The predicted octanol–water partition coefficient (Wildman–Crippen LogP) is 13.7. The third-order valence-corrected chi connectivity index (χ3v) is 11.8. The van der Waals surface area contributed by atoms with E-state index >= 15 is 0 Å². The minimum Gasteiger partial charge on any atom is -0.455 e. The van der Waals surface area contributed by atoms with Gasteiger partial charge in [0.15, 0.2) is 17.5 Å². The molecule has 268 valence electrons. The van der Waals surface area contributed by atoms with Gasteiger partial charge in [-0.15, -0.1) is 11.3 Å². The first-order valence-electron chi connectivity index (χ1n) is 18.7. The van der Waals surface area contributed by atoms with Crippen molar-refractivity contribution in [2.24, 2.45) is 0 Å². The summed E-state index contributed by atoms with van der Waals surface area (Å²) in [6, 6.07) is 56.0. The topological polar surface area (TPSA) is 64.7 Å². The lowest BCUT2D eigenvalue weighted by atomic mass is 9.97. The molecule has 0 saturated carbocycles. The van der Waals surface area contributed by atoms with Crippen molar-refractivity contribution in [1.82, 2.24) is 19.9 Å². The predicted molar refractivity (Wildman–Crippen MR) is 230 cm³/mol. The second kappa shape index (κ2) is 13.4. The normalized spacial score (nSPS) is 11.6. The Morgan fingerprint density at radius 3 is 1.79 bits per heavy atom. The fraction of sp³-hybridized carbons (Fsp3) is 0. The molecule has 11 aromatic rings. The molecule has 7 aromatic carbocycles. The smallest absolute Gasteiger partial charge is 0.165 e. The largest absolute Gasteiger partial charge is 0.455 e. The van der Waals surface area contributed by atoms with E-state index < -0.39 is 0 Å². The SMILES string of the molecule is Fc1cccc(-c2ncccc2-c2cccc3c2sc2c(-c4nc(-c5ccccc5)nc(-c5cccc6oc7c(-c8ccccc8)cccc7c56)n4)cccc23)c1. The van der Waals surface area contributed by atoms with Crippen LogP contribution in [0.25, 0.3) is 110 Å². The first kappa shape index (κ1) is 33.0. The molecule has 0 unspecified atom stereocenters. The molecular weight excluding hydrogens is 724 g/mol. The van der Waals surface area contributed by atoms with Crippen LogP contribution in [-0.4, -0.2) is 19.9 Å². The van der Waals surface area contributed by atoms with Crippen LogP contribution >= 0.6 is 11.3 Å². The van der Waals surface area contributed by atoms with Gasteiger partial charge in [-0.2, -0.15) is 0 Å². The van der Waals surface area contributed by atoms with Crippen molar-refractivity contribution in [2.75, 3.05) is 0 Å². The van der Waals surface area contributed by atoms with Crippen molar-refractivity contribution >= 4 is 53.4 Å². The number of thiophene rings is 1. The van der Waals surface area contributed by atoms with Gasteiger partial charge in [-0.25, -0.2) is 19.3 Å². The summed E-state index contributed by atoms with van der Waals surface area (Å²) in [5, 5.41) is 4.17. The molecule has 0 aliphatic carbocycles. The van der Waals surface area contributed by atoms with Crippen LogP contribution in [0.5, 0.6) is 0 Å². The number of para-hydroxylation sites is 1. The Hall–Kier alpha value is -7.35. The molecule has 0 aliphatic rings. The van der Waals surface area contributed by atoms with Crippen molar-refractivity contribution < 1.29 is 8.81 Å². The van der Waals surface area contributed by atoms with E-state index in [2.05, 4.69) is 78.9 Å². The van der Waals surface area contributed by atoms with Gasteiger partial charge in [0.2, 0.25) is 0 Å². The van der Waals surface area contributed by atoms with Gasteiger partial charge < -0.3 is 4.42 Å². The van der Waals surface area contributed by atoms with Gasteiger partial charge in [0, 0.05) is 76.1 Å². The highest BCUT2D eigenvalue weighted by molar-refractivity contribution is 7.26. The van der Waals surface area contributed by atoms with Crippen molar-refractivity contribution in [3.63, 3.8) is 0 Å². The van der Waals surface area contributed by atoms with Crippen LogP contribution < -0.4 is 0 Å². The van der Waals surface area contributed by atoms with E-state index in [1.54, 1.807) is 23.6 Å². The molecule has 5 nitrogen and oxygen atoms in total. The van der Waals surface area contributed by atoms with E-state index in [0.717, 1.165) is 92.3 Å². The van der Waals surface area contributed by atoms with Crippen molar-refractivity contribution in [2.45, 2.75) is 0 Å². The Morgan fingerprint density at radius 1 is 0.439 bits per heavy atom. The van der Waals surface area contributed by atoms with Gasteiger partial charge >= 0.3 is 0 Å². The van der Waals surface area contributed by atoms with Gasteiger partial charge in [-0.05, 0) is 35.9 Å². The average molecular weight is 753 g/mol. The molecule has 7 heteroatoms. The minimum atomic E-state index is -0.297. The van der Waals surface area contributed by atoms with Crippen LogP contribution in [-0.2, 0) is 0 Å². The summed E-state index contributed by atoms with van der Waals surface area (Å²) in [6.45, 7) is 0. The fourth-order valence-electron chi connectivity index (χ4n) is 7.91. The zero-order chi connectivity index (χ0) is 37.9. The van der Waals surface area contributed by atoms with Crippen LogP contribution in [0.15, 0.2) is 180 Å². The van der Waals surface area contributed by atoms with E-state index in [0.29, 0.717) is 17.5 Å². The van der Waals surface area contributed by atoms with Crippen LogP contribution in [0.3, 0.4) is 0 Å². The minimum absolute atomic E-state index is 0.297. The molecular formula is C50H29FN4OS. The summed E-state index contributed by atoms with van der Waals surface area (Å²) < 4.78 is 23.2. The molecule has 0 N–H and O–H groups in total. The lowest BCUT2D eigenvalue weighted by Crippen LogP contribution is -2.00. The molecule has 0 atom stereocenters. The number of hydrogen-bond donors (Lipinski definition) is 0. The number of hydrogen-bond acceptors (Lipinski definition) is 6. The standard InChI is InChI=1S/C50H29FN4OS/c51-33-18-7-17-32(29-33)44-35(26-12-28-52-44)36-20-9-21-37-38-22-10-25-41(47(38)57-46(36)37)50-54-48(31-15-5-2-6-16-31)53-49(55-50)40-24-11-27-42-43(40)39-23-8-19-34(45(39)56-42)30-13-3-1-4-14-30/h1-29H. The van der Waals surface area contributed by atoms with Gasteiger partial charge in [-0.3, -0.25) is 4.98 Å². The average Bonchev–Trinajstić information content (AvgIpc) is 3.86. The molecule has 0 bridgehead atoms. The highest BCUT2D eigenvalue weighted by Gasteiger charge is 2.22. The number of aromatic nitrogens is 4. The molecule has 0 saturated heterocycles. The summed E-state index contributed by atoms with van der Waals surface area (Å²) >= 11 is 1.70. The van der Waals surface area contributed by atoms with E-state index in [9.17, 15) is 4.39 Å². The Labute approximate surface area is 330 Å². The summed E-state index contributed by atoms with van der Waals surface area (Å²) in [5.41, 5.74) is 9.80. The fourth-order valence-corrected chi connectivity index (χ4v) is 9.25.